The normalized spacial score (nSPS) is 13.7. The summed E-state index contributed by atoms with van der Waals surface area (Å²) in [5.41, 5.74) is -1.71. The van der Waals surface area contributed by atoms with Gasteiger partial charge in [0.2, 0.25) is 5.96 Å². The van der Waals surface area contributed by atoms with E-state index in [1.165, 1.54) is 12.3 Å². The van der Waals surface area contributed by atoms with Crippen molar-refractivity contribution in [1.29, 1.82) is 5.41 Å². The first-order valence-electron chi connectivity index (χ1n) is 12.3. The van der Waals surface area contributed by atoms with E-state index in [0.717, 1.165) is 4.90 Å². The van der Waals surface area contributed by atoms with E-state index >= 15 is 0 Å². The van der Waals surface area contributed by atoms with Crippen molar-refractivity contribution >= 4 is 29.9 Å². The minimum Gasteiger partial charge on any atom is -0.481 e. The van der Waals surface area contributed by atoms with Crippen LogP contribution in [0, 0.1) is 16.7 Å². The van der Waals surface area contributed by atoms with Gasteiger partial charge >= 0.3 is 18.2 Å². The lowest BCUT2D eigenvalue weighted by Gasteiger charge is -2.32. The van der Waals surface area contributed by atoms with Crippen LogP contribution in [0.25, 0.3) is 0 Å². The van der Waals surface area contributed by atoms with E-state index in [1.54, 1.807) is 47.6 Å². The van der Waals surface area contributed by atoms with Crippen molar-refractivity contribution in [3.63, 3.8) is 0 Å². The number of carboxylic acids is 1. The number of nitrogens with one attached hydrogen (secondary N) is 3. The number of hydrogen-bond donors (Lipinski definition) is 4. The number of nitrogens with zero attached hydrogens (tertiary/aromatic N) is 5. The first kappa shape index (κ1) is 31.1. The second kappa shape index (κ2) is 11.7. The number of alkyl carbamates (subject to hydrolysis) is 1. The van der Waals surface area contributed by atoms with Gasteiger partial charge in [0.05, 0.1) is 5.92 Å². The van der Waals surface area contributed by atoms with Crippen LogP contribution in [0.15, 0.2) is 18.3 Å². The SMILES string of the molecule is CC(C)(C)OC(=O)NC(=N)N(C(=O)OC(C)(C)C)c1ccc(C[C@H](c2nn[nH]n2)[C@@H](C(=O)O)C(C)(C)C)cn1. The molecule has 2 amide bonds. The van der Waals surface area contributed by atoms with Gasteiger partial charge < -0.3 is 14.6 Å². The Kier molecular flexibility index (Phi) is 9.37. The molecule has 2 atom stereocenters. The Bertz CT molecular complexity index is 1160. The molecule has 0 unspecified atom stereocenters. The van der Waals surface area contributed by atoms with Gasteiger partial charge in [-0.05, 0) is 65.0 Å². The minimum atomic E-state index is -1.00. The fourth-order valence-corrected chi connectivity index (χ4v) is 3.82. The van der Waals surface area contributed by atoms with Gasteiger partial charge in [-0.3, -0.25) is 15.5 Å². The molecule has 4 N–H and O–H groups in total. The summed E-state index contributed by atoms with van der Waals surface area (Å²) in [6.45, 7) is 15.5. The maximum atomic E-state index is 13.0. The van der Waals surface area contributed by atoms with Crippen LogP contribution in [0.1, 0.15) is 79.6 Å². The molecule has 2 heterocycles. The molecule has 0 spiro atoms. The van der Waals surface area contributed by atoms with Crippen molar-refractivity contribution in [1.82, 2.24) is 30.9 Å². The number of amides is 2. The molecule has 0 bridgehead atoms. The monoisotopic (exact) mass is 546 g/mol. The van der Waals surface area contributed by atoms with Gasteiger partial charge in [-0.1, -0.05) is 32.1 Å². The van der Waals surface area contributed by atoms with Crippen LogP contribution in [0.2, 0.25) is 0 Å². The summed E-state index contributed by atoms with van der Waals surface area (Å²) in [7, 11) is 0. The Balaban J connectivity index is 2.39. The maximum Gasteiger partial charge on any atom is 0.423 e. The number of H-pyrrole nitrogens is 1. The average Bonchev–Trinajstić information content (AvgIpc) is 3.25. The zero-order chi connectivity index (χ0) is 29.8. The fourth-order valence-electron chi connectivity index (χ4n) is 3.82. The minimum absolute atomic E-state index is 0.00391. The average molecular weight is 547 g/mol. The molecule has 214 valence electrons. The highest BCUT2D eigenvalue weighted by atomic mass is 16.6. The quantitative estimate of drug-likeness (QED) is 0.305. The lowest BCUT2D eigenvalue weighted by Crippen LogP contribution is -2.50. The van der Waals surface area contributed by atoms with Crippen molar-refractivity contribution in [2.75, 3.05) is 4.90 Å². The van der Waals surface area contributed by atoms with Crippen molar-refractivity contribution in [2.24, 2.45) is 11.3 Å². The fraction of sp³-hybridized carbons (Fsp3) is 0.600. The predicted octanol–water partition coefficient (Wildman–Crippen LogP) is 3.87. The van der Waals surface area contributed by atoms with E-state index in [9.17, 15) is 19.5 Å². The van der Waals surface area contributed by atoms with Gasteiger partial charge in [-0.2, -0.15) is 10.1 Å². The second-order valence-corrected chi connectivity index (χ2v) is 12.1. The Morgan fingerprint density at radius 1 is 1.05 bits per heavy atom. The van der Waals surface area contributed by atoms with Crippen LogP contribution in [0.4, 0.5) is 15.4 Å². The zero-order valence-electron chi connectivity index (χ0n) is 23.8. The highest BCUT2D eigenvalue weighted by Crippen LogP contribution is 2.39. The first-order chi connectivity index (χ1) is 17.8. The number of anilines is 1. The van der Waals surface area contributed by atoms with Gasteiger partial charge in [0, 0.05) is 12.1 Å². The van der Waals surface area contributed by atoms with Crippen LogP contribution in [-0.2, 0) is 20.7 Å². The predicted molar refractivity (Wildman–Crippen MR) is 141 cm³/mol. The van der Waals surface area contributed by atoms with E-state index in [1.807, 2.05) is 20.8 Å². The maximum absolute atomic E-state index is 13.0. The topological polar surface area (TPSA) is 196 Å². The highest BCUT2D eigenvalue weighted by molar-refractivity contribution is 6.15. The number of carbonyl (C=O) groups excluding carboxylic acids is 2. The summed E-state index contributed by atoms with van der Waals surface area (Å²) in [6.07, 6.45) is -0.210. The third-order valence-electron chi connectivity index (χ3n) is 5.21. The number of hydrogen-bond acceptors (Lipinski definition) is 10. The summed E-state index contributed by atoms with van der Waals surface area (Å²) in [5, 5.41) is 34.6. The van der Waals surface area contributed by atoms with Gasteiger partial charge in [0.15, 0.2) is 5.82 Å². The molecule has 0 fully saturated rings. The molecule has 2 aromatic rings. The molecule has 14 nitrogen and oxygen atoms in total. The van der Waals surface area contributed by atoms with Crippen molar-refractivity contribution in [3.05, 3.63) is 29.7 Å². The van der Waals surface area contributed by atoms with E-state index < -0.39 is 52.6 Å². The Morgan fingerprint density at radius 2 is 1.67 bits per heavy atom. The second-order valence-electron chi connectivity index (χ2n) is 12.1. The molecule has 0 saturated heterocycles. The number of aliphatic carboxylic acids is 1. The van der Waals surface area contributed by atoms with Crippen LogP contribution >= 0.6 is 0 Å². The van der Waals surface area contributed by atoms with Crippen LogP contribution in [0.5, 0.6) is 0 Å². The number of rotatable bonds is 6. The molecule has 0 aliphatic rings. The number of carboxylic acid groups (broad SMARTS) is 1. The molecule has 14 heteroatoms. The van der Waals surface area contributed by atoms with Gasteiger partial charge in [0.25, 0.3) is 0 Å². The van der Waals surface area contributed by atoms with Crippen molar-refractivity contribution < 1.29 is 29.0 Å². The molecule has 39 heavy (non-hydrogen) atoms. The van der Waals surface area contributed by atoms with Crippen molar-refractivity contribution in [2.45, 2.75) is 85.9 Å². The third-order valence-corrected chi connectivity index (χ3v) is 5.21. The standard InChI is InChI=1S/C25H38N8O6/c1-23(2,3)17(19(34)35)15(18-29-31-32-30-18)12-14-10-11-16(27-13-14)33(22(37)39-25(7,8)9)20(26)28-21(36)38-24(4,5)6/h10-11,13,15,17H,12H2,1-9H3,(H,34,35)(H2,26,28,36)(H,29,30,31,32)/t15-,17-/m0/s1. The Hall–Kier alpha value is -4.10. The first-order valence-corrected chi connectivity index (χ1v) is 12.3. The van der Waals surface area contributed by atoms with E-state index in [4.69, 9.17) is 14.9 Å². The summed E-state index contributed by atoms with van der Waals surface area (Å²) in [5.74, 6) is -2.86. The van der Waals surface area contributed by atoms with Gasteiger partial charge in [-0.25, -0.2) is 14.6 Å². The van der Waals surface area contributed by atoms with E-state index in [0.29, 0.717) is 5.56 Å². The van der Waals surface area contributed by atoms with Crippen molar-refractivity contribution in [3.8, 4) is 0 Å². The van der Waals surface area contributed by atoms with Crippen LogP contribution in [0.3, 0.4) is 0 Å². The van der Waals surface area contributed by atoms with E-state index in [-0.39, 0.29) is 18.1 Å². The molecule has 0 saturated carbocycles. The van der Waals surface area contributed by atoms with E-state index in [2.05, 4.69) is 30.9 Å². The summed E-state index contributed by atoms with van der Waals surface area (Å²) in [6, 6.07) is 3.10. The summed E-state index contributed by atoms with van der Waals surface area (Å²) < 4.78 is 10.6. The molecule has 2 aromatic heterocycles. The molecular formula is C25H38N8O6. The van der Waals surface area contributed by atoms with Crippen LogP contribution in [-0.4, -0.2) is 66.0 Å². The Morgan fingerprint density at radius 3 is 2.10 bits per heavy atom. The molecule has 2 rings (SSSR count). The number of tetrazole rings is 1. The number of carbonyl (C=O) groups is 3. The van der Waals surface area contributed by atoms with Crippen LogP contribution < -0.4 is 10.2 Å². The number of aromatic amines is 1. The van der Waals surface area contributed by atoms with Gasteiger partial charge in [-0.15, -0.1) is 10.2 Å². The third kappa shape index (κ3) is 9.30. The summed E-state index contributed by atoms with van der Waals surface area (Å²) in [4.78, 5) is 42.6. The number of aromatic nitrogens is 5. The number of guanidine groups is 1. The van der Waals surface area contributed by atoms with Gasteiger partial charge in [0.1, 0.15) is 17.0 Å². The molecule has 0 aromatic carbocycles. The molecule has 0 aliphatic heterocycles. The largest absolute Gasteiger partial charge is 0.481 e. The lowest BCUT2D eigenvalue weighted by atomic mass is 9.71. The lowest BCUT2D eigenvalue weighted by molar-refractivity contribution is -0.146. The smallest absolute Gasteiger partial charge is 0.423 e. The summed E-state index contributed by atoms with van der Waals surface area (Å²) >= 11 is 0. The molecule has 0 radical (unpaired) electrons. The zero-order valence-corrected chi connectivity index (χ0v) is 23.8. The highest BCUT2D eigenvalue weighted by Gasteiger charge is 2.41. The molecular weight excluding hydrogens is 508 g/mol. The molecule has 0 aliphatic carbocycles. The Labute approximate surface area is 227 Å². The number of pyridine rings is 1. The number of ether oxygens (including phenoxy) is 2.